The lowest BCUT2D eigenvalue weighted by atomic mass is 10.1. The van der Waals surface area contributed by atoms with Crippen LogP contribution >= 0.6 is 0 Å². The number of carbonyl (C=O) groups is 1. The Balaban J connectivity index is 2.74. The largest absolute Gasteiger partial charge is 0.456 e. The van der Waals surface area contributed by atoms with Crippen molar-refractivity contribution in [2.24, 2.45) is 0 Å². The second-order valence-corrected chi connectivity index (χ2v) is 4.98. The summed E-state index contributed by atoms with van der Waals surface area (Å²) in [6, 6.07) is 7.53. The van der Waals surface area contributed by atoms with Crippen LogP contribution in [0.5, 0.6) is 0 Å². The molecule has 0 unspecified atom stereocenters. The third-order valence-electron chi connectivity index (χ3n) is 2.14. The van der Waals surface area contributed by atoms with Gasteiger partial charge in [0.05, 0.1) is 5.56 Å². The zero-order valence-electron chi connectivity index (χ0n) is 11.0. The fourth-order valence-corrected chi connectivity index (χ4v) is 1.41. The Morgan fingerprint density at radius 3 is 2.65 bits per heavy atom. The molecular weight excluding hydrogens is 214 g/mol. The van der Waals surface area contributed by atoms with Crippen LogP contribution < -0.4 is 5.32 Å². The lowest BCUT2D eigenvalue weighted by molar-refractivity contribution is 0.00694. The molecule has 0 fully saturated rings. The molecule has 0 saturated heterocycles. The molecule has 94 valence electrons. The summed E-state index contributed by atoms with van der Waals surface area (Å²) in [7, 11) is 0. The molecule has 0 radical (unpaired) electrons. The van der Waals surface area contributed by atoms with Gasteiger partial charge in [-0.3, -0.25) is 0 Å². The maximum Gasteiger partial charge on any atom is 0.338 e. The van der Waals surface area contributed by atoms with Crippen LogP contribution in [0.4, 0.5) is 0 Å². The predicted molar refractivity (Wildman–Crippen MR) is 69.0 cm³/mol. The number of ether oxygens (including phenoxy) is 1. The van der Waals surface area contributed by atoms with Crippen molar-refractivity contribution < 1.29 is 9.53 Å². The molecule has 0 heterocycles. The summed E-state index contributed by atoms with van der Waals surface area (Å²) in [5.41, 5.74) is 1.25. The molecule has 0 aromatic heterocycles. The maximum atomic E-state index is 11.8. The molecule has 0 amide bonds. The molecule has 0 aliphatic heterocycles. The van der Waals surface area contributed by atoms with Crippen molar-refractivity contribution in [3.8, 4) is 0 Å². The van der Waals surface area contributed by atoms with Crippen molar-refractivity contribution in [3.63, 3.8) is 0 Å². The normalized spacial score (nSPS) is 11.3. The van der Waals surface area contributed by atoms with Gasteiger partial charge in [0, 0.05) is 6.54 Å². The van der Waals surface area contributed by atoms with Crippen molar-refractivity contribution >= 4 is 5.97 Å². The molecule has 1 rings (SSSR count). The Bertz CT molecular complexity index is 380. The molecule has 1 aromatic rings. The summed E-state index contributed by atoms with van der Waals surface area (Å²) in [5, 5.41) is 3.23. The van der Waals surface area contributed by atoms with Crippen molar-refractivity contribution in [2.45, 2.75) is 39.8 Å². The summed E-state index contributed by atoms with van der Waals surface area (Å²) in [4.78, 5) is 11.8. The molecule has 17 heavy (non-hydrogen) atoms. The number of nitrogens with one attached hydrogen (secondary N) is 1. The quantitative estimate of drug-likeness (QED) is 0.815. The van der Waals surface area contributed by atoms with Crippen LogP contribution in [-0.2, 0) is 11.3 Å². The Morgan fingerprint density at radius 1 is 1.35 bits per heavy atom. The summed E-state index contributed by atoms with van der Waals surface area (Å²) < 4.78 is 5.32. The van der Waals surface area contributed by atoms with E-state index in [0.717, 1.165) is 18.7 Å². The van der Waals surface area contributed by atoms with E-state index in [1.54, 1.807) is 6.07 Å². The van der Waals surface area contributed by atoms with Crippen LogP contribution in [0.2, 0.25) is 0 Å². The van der Waals surface area contributed by atoms with Crippen LogP contribution in [0.25, 0.3) is 0 Å². The third kappa shape index (κ3) is 5.00. The number of benzene rings is 1. The number of hydrogen-bond acceptors (Lipinski definition) is 3. The first kappa shape index (κ1) is 13.7. The molecule has 3 heteroatoms. The SMILES string of the molecule is CCNCc1cccc(C(=O)OC(C)(C)C)c1. The average Bonchev–Trinajstić information content (AvgIpc) is 2.24. The van der Waals surface area contributed by atoms with Gasteiger partial charge in [-0.1, -0.05) is 19.1 Å². The van der Waals surface area contributed by atoms with Gasteiger partial charge in [0.15, 0.2) is 0 Å². The summed E-state index contributed by atoms with van der Waals surface area (Å²) in [5.74, 6) is -0.268. The van der Waals surface area contributed by atoms with Crippen LogP contribution in [-0.4, -0.2) is 18.1 Å². The van der Waals surface area contributed by atoms with Gasteiger partial charge in [0.25, 0.3) is 0 Å². The Kier molecular flexibility index (Phi) is 4.70. The van der Waals surface area contributed by atoms with Crippen molar-refractivity contribution in [2.75, 3.05) is 6.54 Å². The van der Waals surface area contributed by atoms with E-state index >= 15 is 0 Å². The van der Waals surface area contributed by atoms with Gasteiger partial charge >= 0.3 is 5.97 Å². The van der Waals surface area contributed by atoms with Gasteiger partial charge in [-0.15, -0.1) is 0 Å². The second-order valence-electron chi connectivity index (χ2n) is 4.98. The second kappa shape index (κ2) is 5.82. The molecule has 0 saturated carbocycles. The molecule has 1 N–H and O–H groups in total. The number of hydrogen-bond donors (Lipinski definition) is 1. The van der Waals surface area contributed by atoms with E-state index in [9.17, 15) is 4.79 Å². The zero-order valence-corrected chi connectivity index (χ0v) is 11.0. The monoisotopic (exact) mass is 235 g/mol. The first-order valence-corrected chi connectivity index (χ1v) is 5.95. The van der Waals surface area contributed by atoms with Crippen LogP contribution in [0.15, 0.2) is 24.3 Å². The summed E-state index contributed by atoms with van der Waals surface area (Å²) in [6.07, 6.45) is 0. The van der Waals surface area contributed by atoms with E-state index in [1.165, 1.54) is 0 Å². The summed E-state index contributed by atoms with van der Waals surface area (Å²) >= 11 is 0. The predicted octanol–water partition coefficient (Wildman–Crippen LogP) is 2.75. The first-order valence-electron chi connectivity index (χ1n) is 5.95. The van der Waals surface area contributed by atoms with E-state index in [2.05, 4.69) is 12.2 Å². The molecule has 0 spiro atoms. The van der Waals surface area contributed by atoms with Crippen molar-refractivity contribution in [3.05, 3.63) is 35.4 Å². The van der Waals surface area contributed by atoms with Gasteiger partial charge in [-0.2, -0.15) is 0 Å². The van der Waals surface area contributed by atoms with E-state index in [4.69, 9.17) is 4.74 Å². The Morgan fingerprint density at radius 2 is 2.06 bits per heavy atom. The topological polar surface area (TPSA) is 38.3 Å². The molecule has 0 bridgehead atoms. The highest BCUT2D eigenvalue weighted by Gasteiger charge is 2.17. The highest BCUT2D eigenvalue weighted by atomic mass is 16.6. The van der Waals surface area contributed by atoms with Gasteiger partial charge < -0.3 is 10.1 Å². The van der Waals surface area contributed by atoms with E-state index in [-0.39, 0.29) is 5.97 Å². The van der Waals surface area contributed by atoms with E-state index in [1.807, 2.05) is 39.0 Å². The fraction of sp³-hybridized carbons (Fsp3) is 0.500. The van der Waals surface area contributed by atoms with Gasteiger partial charge in [0.1, 0.15) is 5.60 Å². The van der Waals surface area contributed by atoms with E-state index < -0.39 is 5.60 Å². The van der Waals surface area contributed by atoms with Crippen molar-refractivity contribution in [1.82, 2.24) is 5.32 Å². The lowest BCUT2D eigenvalue weighted by Gasteiger charge is -2.19. The third-order valence-corrected chi connectivity index (χ3v) is 2.14. The number of carbonyl (C=O) groups excluding carboxylic acids is 1. The van der Waals surface area contributed by atoms with Crippen LogP contribution in [0.1, 0.15) is 43.6 Å². The highest BCUT2D eigenvalue weighted by Crippen LogP contribution is 2.13. The maximum absolute atomic E-state index is 11.8. The Hall–Kier alpha value is -1.35. The lowest BCUT2D eigenvalue weighted by Crippen LogP contribution is -2.24. The highest BCUT2D eigenvalue weighted by molar-refractivity contribution is 5.89. The minimum absolute atomic E-state index is 0.268. The smallest absolute Gasteiger partial charge is 0.338 e. The average molecular weight is 235 g/mol. The molecule has 0 aliphatic carbocycles. The number of rotatable bonds is 4. The van der Waals surface area contributed by atoms with Crippen LogP contribution in [0.3, 0.4) is 0 Å². The standard InChI is InChI=1S/C14H21NO2/c1-5-15-10-11-7-6-8-12(9-11)13(16)17-14(2,3)4/h6-9,15H,5,10H2,1-4H3. The molecule has 0 atom stereocenters. The molecular formula is C14H21NO2. The molecule has 0 aliphatic rings. The minimum Gasteiger partial charge on any atom is -0.456 e. The van der Waals surface area contributed by atoms with E-state index in [0.29, 0.717) is 5.56 Å². The van der Waals surface area contributed by atoms with Crippen LogP contribution in [0, 0.1) is 0 Å². The zero-order chi connectivity index (χ0) is 12.9. The fourth-order valence-electron chi connectivity index (χ4n) is 1.41. The summed E-state index contributed by atoms with van der Waals surface area (Å²) in [6.45, 7) is 9.34. The number of esters is 1. The molecule has 1 aromatic carbocycles. The van der Waals surface area contributed by atoms with Crippen molar-refractivity contribution in [1.29, 1.82) is 0 Å². The first-order chi connectivity index (χ1) is 7.92. The van der Waals surface area contributed by atoms with Gasteiger partial charge in [-0.05, 0) is 45.0 Å². The molecule has 3 nitrogen and oxygen atoms in total. The van der Waals surface area contributed by atoms with Gasteiger partial charge in [0.2, 0.25) is 0 Å². The Labute approximate surface area is 103 Å². The van der Waals surface area contributed by atoms with Gasteiger partial charge in [-0.25, -0.2) is 4.79 Å². The minimum atomic E-state index is -0.450.